The number of carbonyl (C=O) groups excluding carboxylic acids is 2. The third-order valence-corrected chi connectivity index (χ3v) is 4.86. The van der Waals surface area contributed by atoms with Crippen molar-refractivity contribution in [1.29, 1.82) is 0 Å². The Morgan fingerprint density at radius 3 is 1.24 bits per heavy atom. The Morgan fingerprint density at radius 2 is 0.912 bits per heavy atom. The minimum absolute atomic E-state index is 0.0457. The SMILES string of the molecule is CC(C)(C)C(=O)Nc1ccc(Oc2cccc(Oc3ccc(NC(=O)C(C)(C)C)cc3)c2)cc1. The molecule has 0 fully saturated rings. The highest BCUT2D eigenvalue weighted by Crippen LogP contribution is 2.30. The molecule has 3 aromatic rings. The molecule has 0 heterocycles. The molecular weight excluding hydrogens is 428 g/mol. The van der Waals surface area contributed by atoms with Gasteiger partial charge in [0, 0.05) is 28.3 Å². The number of hydrogen-bond acceptors (Lipinski definition) is 4. The maximum Gasteiger partial charge on any atom is 0.229 e. The number of rotatable bonds is 6. The van der Waals surface area contributed by atoms with Crippen molar-refractivity contribution in [1.82, 2.24) is 0 Å². The fourth-order valence-corrected chi connectivity index (χ4v) is 2.72. The Bertz CT molecular complexity index is 1050. The number of nitrogens with one attached hydrogen (secondary N) is 2. The summed E-state index contributed by atoms with van der Waals surface area (Å²) in [6.45, 7) is 11.2. The maximum atomic E-state index is 12.1. The van der Waals surface area contributed by atoms with E-state index in [1.807, 2.05) is 59.7 Å². The first-order chi connectivity index (χ1) is 15.9. The van der Waals surface area contributed by atoms with E-state index in [-0.39, 0.29) is 11.8 Å². The second-order valence-electron chi connectivity index (χ2n) is 10.1. The van der Waals surface area contributed by atoms with Crippen LogP contribution < -0.4 is 20.1 Å². The lowest BCUT2D eigenvalue weighted by Gasteiger charge is -2.18. The van der Waals surface area contributed by atoms with Gasteiger partial charge in [0.25, 0.3) is 0 Å². The fourth-order valence-electron chi connectivity index (χ4n) is 2.72. The van der Waals surface area contributed by atoms with Crippen molar-refractivity contribution in [3.05, 3.63) is 72.8 Å². The smallest absolute Gasteiger partial charge is 0.229 e. The van der Waals surface area contributed by atoms with Crippen molar-refractivity contribution < 1.29 is 19.1 Å². The molecule has 6 heteroatoms. The minimum Gasteiger partial charge on any atom is -0.457 e. The first-order valence-electron chi connectivity index (χ1n) is 11.2. The zero-order valence-corrected chi connectivity index (χ0v) is 20.6. The van der Waals surface area contributed by atoms with E-state index in [4.69, 9.17) is 9.47 Å². The Hall–Kier alpha value is -3.80. The average molecular weight is 461 g/mol. The van der Waals surface area contributed by atoms with Crippen LogP contribution >= 0.6 is 0 Å². The summed E-state index contributed by atoms with van der Waals surface area (Å²) >= 11 is 0. The lowest BCUT2D eigenvalue weighted by atomic mass is 9.95. The summed E-state index contributed by atoms with van der Waals surface area (Å²) in [4.78, 5) is 24.3. The van der Waals surface area contributed by atoms with Gasteiger partial charge in [-0.2, -0.15) is 0 Å². The number of amides is 2. The van der Waals surface area contributed by atoms with E-state index < -0.39 is 10.8 Å². The molecule has 0 saturated carbocycles. The number of ether oxygens (including phenoxy) is 2. The molecule has 0 bridgehead atoms. The van der Waals surface area contributed by atoms with Crippen LogP contribution in [0.25, 0.3) is 0 Å². The Labute approximate surface area is 201 Å². The van der Waals surface area contributed by atoms with Gasteiger partial charge in [-0.1, -0.05) is 47.6 Å². The van der Waals surface area contributed by atoms with Gasteiger partial charge in [-0.15, -0.1) is 0 Å². The quantitative estimate of drug-likeness (QED) is 0.406. The second kappa shape index (κ2) is 10.00. The number of hydrogen-bond donors (Lipinski definition) is 2. The zero-order valence-electron chi connectivity index (χ0n) is 20.6. The lowest BCUT2D eigenvalue weighted by Crippen LogP contribution is -2.27. The summed E-state index contributed by atoms with van der Waals surface area (Å²) in [5.74, 6) is 2.44. The molecule has 6 nitrogen and oxygen atoms in total. The highest BCUT2D eigenvalue weighted by Gasteiger charge is 2.21. The van der Waals surface area contributed by atoms with Gasteiger partial charge in [0.1, 0.15) is 23.0 Å². The Morgan fingerprint density at radius 1 is 0.559 bits per heavy atom. The predicted molar refractivity (Wildman–Crippen MR) is 136 cm³/mol. The van der Waals surface area contributed by atoms with Crippen LogP contribution in [0, 0.1) is 10.8 Å². The van der Waals surface area contributed by atoms with Crippen LogP contribution in [-0.4, -0.2) is 11.8 Å². The summed E-state index contributed by atoms with van der Waals surface area (Å²) in [5, 5.41) is 5.79. The van der Waals surface area contributed by atoms with Crippen molar-refractivity contribution in [2.45, 2.75) is 41.5 Å². The topological polar surface area (TPSA) is 76.7 Å². The highest BCUT2D eigenvalue weighted by molar-refractivity contribution is 5.95. The van der Waals surface area contributed by atoms with Crippen molar-refractivity contribution >= 4 is 23.2 Å². The average Bonchev–Trinajstić information content (AvgIpc) is 2.75. The van der Waals surface area contributed by atoms with Gasteiger partial charge in [0.15, 0.2) is 0 Å². The first-order valence-corrected chi connectivity index (χ1v) is 11.2. The number of anilines is 2. The third-order valence-electron chi connectivity index (χ3n) is 4.86. The molecule has 0 atom stereocenters. The van der Waals surface area contributed by atoms with Gasteiger partial charge >= 0.3 is 0 Å². The van der Waals surface area contributed by atoms with Gasteiger partial charge in [0.2, 0.25) is 11.8 Å². The van der Waals surface area contributed by atoms with Gasteiger partial charge < -0.3 is 20.1 Å². The van der Waals surface area contributed by atoms with E-state index in [0.29, 0.717) is 34.4 Å². The summed E-state index contributed by atoms with van der Waals surface area (Å²) in [6.07, 6.45) is 0. The van der Waals surface area contributed by atoms with Gasteiger partial charge in [-0.3, -0.25) is 9.59 Å². The van der Waals surface area contributed by atoms with E-state index in [9.17, 15) is 9.59 Å². The van der Waals surface area contributed by atoms with Gasteiger partial charge in [-0.25, -0.2) is 0 Å². The molecule has 0 saturated heterocycles. The van der Waals surface area contributed by atoms with Crippen molar-refractivity contribution in [3.8, 4) is 23.0 Å². The molecule has 0 spiro atoms. The summed E-state index contributed by atoms with van der Waals surface area (Å²) in [6, 6.07) is 21.8. The van der Waals surface area contributed by atoms with Crippen LogP contribution in [0.2, 0.25) is 0 Å². The predicted octanol–water partition coefficient (Wildman–Crippen LogP) is 7.24. The molecule has 0 aliphatic rings. The van der Waals surface area contributed by atoms with Crippen LogP contribution in [0.5, 0.6) is 23.0 Å². The molecule has 2 amide bonds. The van der Waals surface area contributed by atoms with Crippen LogP contribution in [0.15, 0.2) is 72.8 Å². The van der Waals surface area contributed by atoms with Crippen LogP contribution in [0.1, 0.15) is 41.5 Å². The van der Waals surface area contributed by atoms with E-state index in [1.54, 1.807) is 54.6 Å². The molecule has 0 aliphatic heterocycles. The Balaban J connectivity index is 1.61. The number of benzene rings is 3. The molecular formula is C28H32N2O4. The second-order valence-corrected chi connectivity index (χ2v) is 10.1. The molecule has 3 aromatic carbocycles. The molecule has 34 heavy (non-hydrogen) atoms. The van der Waals surface area contributed by atoms with E-state index in [0.717, 1.165) is 0 Å². The minimum atomic E-state index is -0.462. The molecule has 0 aromatic heterocycles. The Kier molecular flexibility index (Phi) is 7.30. The van der Waals surface area contributed by atoms with E-state index in [1.165, 1.54) is 0 Å². The van der Waals surface area contributed by atoms with Crippen LogP contribution in [0.3, 0.4) is 0 Å². The summed E-state index contributed by atoms with van der Waals surface area (Å²) in [7, 11) is 0. The van der Waals surface area contributed by atoms with Crippen LogP contribution in [0.4, 0.5) is 11.4 Å². The van der Waals surface area contributed by atoms with Crippen molar-refractivity contribution in [2.24, 2.45) is 10.8 Å². The van der Waals surface area contributed by atoms with Gasteiger partial charge in [0.05, 0.1) is 0 Å². The monoisotopic (exact) mass is 460 g/mol. The molecule has 0 aliphatic carbocycles. The first kappa shape index (κ1) is 24.8. The molecule has 0 unspecified atom stereocenters. The third kappa shape index (κ3) is 7.10. The molecule has 0 radical (unpaired) electrons. The maximum absolute atomic E-state index is 12.1. The largest absolute Gasteiger partial charge is 0.457 e. The van der Waals surface area contributed by atoms with Crippen molar-refractivity contribution in [2.75, 3.05) is 10.6 Å². The van der Waals surface area contributed by atoms with Crippen LogP contribution in [-0.2, 0) is 9.59 Å². The summed E-state index contributed by atoms with van der Waals surface area (Å²) in [5.41, 5.74) is 0.505. The highest BCUT2D eigenvalue weighted by atomic mass is 16.5. The fraction of sp³-hybridized carbons (Fsp3) is 0.286. The molecule has 2 N–H and O–H groups in total. The molecule has 3 rings (SSSR count). The normalized spacial score (nSPS) is 11.5. The number of carbonyl (C=O) groups is 2. The van der Waals surface area contributed by atoms with E-state index in [2.05, 4.69) is 10.6 Å². The van der Waals surface area contributed by atoms with Gasteiger partial charge in [-0.05, 0) is 60.7 Å². The lowest BCUT2D eigenvalue weighted by molar-refractivity contribution is -0.123. The standard InChI is InChI=1S/C28H32N2O4/c1-27(2,3)25(31)29-19-10-14-21(15-11-19)33-23-8-7-9-24(18-23)34-22-16-12-20(13-17-22)30-26(32)28(4,5)6/h7-18H,1-6H3,(H,29,31)(H,30,32). The zero-order chi connectivity index (χ0) is 24.9. The van der Waals surface area contributed by atoms with E-state index >= 15 is 0 Å². The van der Waals surface area contributed by atoms with Crippen molar-refractivity contribution in [3.63, 3.8) is 0 Å². The molecule has 178 valence electrons. The summed E-state index contributed by atoms with van der Waals surface area (Å²) < 4.78 is 11.9.